The molecule has 102 valence electrons. The average Bonchev–Trinajstić information content (AvgIpc) is 2.95. The van der Waals surface area contributed by atoms with Crippen LogP contribution in [0.15, 0.2) is 36.7 Å². The van der Waals surface area contributed by atoms with E-state index in [1.54, 1.807) is 23.9 Å². The molecule has 2 aromatic heterocycles. The molecule has 0 atom stereocenters. The predicted molar refractivity (Wildman–Crippen MR) is 71.2 cm³/mol. The van der Waals surface area contributed by atoms with E-state index in [0.29, 0.717) is 12.2 Å². The first-order valence-corrected chi connectivity index (χ1v) is 6.05. The predicted octanol–water partition coefficient (Wildman–Crippen LogP) is 2.26. The van der Waals surface area contributed by atoms with E-state index in [2.05, 4.69) is 5.10 Å². The fourth-order valence-electron chi connectivity index (χ4n) is 2.30. The molecular weight excluding hydrogens is 261 g/mol. The third-order valence-electron chi connectivity index (χ3n) is 3.35. The van der Waals surface area contributed by atoms with Gasteiger partial charge in [-0.3, -0.25) is 4.68 Å². The van der Waals surface area contributed by atoms with Crippen LogP contribution in [0, 0.1) is 5.82 Å². The van der Waals surface area contributed by atoms with Crippen LogP contribution < -0.4 is 0 Å². The number of hydrogen-bond acceptors (Lipinski definition) is 2. The Balaban J connectivity index is 2.06. The van der Waals surface area contributed by atoms with Crippen LogP contribution in [0.5, 0.6) is 0 Å². The van der Waals surface area contributed by atoms with Gasteiger partial charge in [0, 0.05) is 24.1 Å². The van der Waals surface area contributed by atoms with E-state index < -0.39 is 5.97 Å². The van der Waals surface area contributed by atoms with E-state index in [4.69, 9.17) is 5.11 Å². The van der Waals surface area contributed by atoms with Gasteiger partial charge in [-0.1, -0.05) is 0 Å². The smallest absolute Gasteiger partial charge is 0.339 e. The molecule has 0 fully saturated rings. The Morgan fingerprint density at radius 3 is 2.95 bits per heavy atom. The summed E-state index contributed by atoms with van der Waals surface area (Å²) in [5, 5.41) is 13.9. The lowest BCUT2D eigenvalue weighted by Gasteiger charge is -2.07. The van der Waals surface area contributed by atoms with E-state index in [1.165, 1.54) is 18.3 Å². The summed E-state index contributed by atoms with van der Waals surface area (Å²) in [5.41, 5.74) is 1.62. The van der Waals surface area contributed by atoms with Crippen molar-refractivity contribution in [3.63, 3.8) is 0 Å². The van der Waals surface area contributed by atoms with Gasteiger partial charge in [0.2, 0.25) is 0 Å². The molecule has 20 heavy (non-hydrogen) atoms. The fraction of sp³-hybridized carbons (Fsp3) is 0.143. The van der Waals surface area contributed by atoms with Gasteiger partial charge in [0.1, 0.15) is 11.4 Å². The monoisotopic (exact) mass is 273 g/mol. The minimum atomic E-state index is -1.00. The van der Waals surface area contributed by atoms with E-state index in [0.717, 1.165) is 10.9 Å². The van der Waals surface area contributed by atoms with Crippen molar-refractivity contribution in [3.8, 4) is 0 Å². The minimum absolute atomic E-state index is 0.177. The fourth-order valence-corrected chi connectivity index (χ4v) is 2.30. The largest absolute Gasteiger partial charge is 0.478 e. The lowest BCUT2D eigenvalue weighted by atomic mass is 10.2. The number of aromatic nitrogens is 3. The van der Waals surface area contributed by atoms with Crippen molar-refractivity contribution in [2.24, 2.45) is 7.05 Å². The summed E-state index contributed by atoms with van der Waals surface area (Å²) in [6.07, 6.45) is 3.14. The maximum Gasteiger partial charge on any atom is 0.339 e. The van der Waals surface area contributed by atoms with E-state index >= 15 is 0 Å². The van der Waals surface area contributed by atoms with E-state index in [-0.39, 0.29) is 11.4 Å². The summed E-state index contributed by atoms with van der Waals surface area (Å²) in [4.78, 5) is 11.2. The highest BCUT2D eigenvalue weighted by Gasteiger charge is 2.16. The van der Waals surface area contributed by atoms with Crippen LogP contribution in [0.2, 0.25) is 0 Å². The van der Waals surface area contributed by atoms with Gasteiger partial charge in [0.25, 0.3) is 0 Å². The third kappa shape index (κ3) is 1.95. The van der Waals surface area contributed by atoms with Gasteiger partial charge < -0.3 is 9.67 Å². The number of aryl methyl sites for hydroxylation is 1. The first-order chi connectivity index (χ1) is 9.56. The number of nitrogens with zero attached hydrogens (tertiary/aromatic N) is 3. The molecule has 0 unspecified atom stereocenters. The first kappa shape index (κ1) is 12.4. The van der Waals surface area contributed by atoms with Crippen LogP contribution in [0.25, 0.3) is 10.9 Å². The number of carbonyl (C=O) groups is 1. The third-order valence-corrected chi connectivity index (χ3v) is 3.35. The van der Waals surface area contributed by atoms with Gasteiger partial charge >= 0.3 is 5.97 Å². The molecule has 0 aliphatic rings. The molecule has 0 spiro atoms. The highest BCUT2D eigenvalue weighted by atomic mass is 19.1. The van der Waals surface area contributed by atoms with Crippen molar-refractivity contribution in [1.82, 2.24) is 14.3 Å². The number of fused-ring (bicyclic) bond motifs is 1. The zero-order valence-electron chi connectivity index (χ0n) is 10.7. The van der Waals surface area contributed by atoms with Crippen LogP contribution in [0.4, 0.5) is 4.39 Å². The van der Waals surface area contributed by atoms with Gasteiger partial charge in [0.15, 0.2) is 0 Å². The van der Waals surface area contributed by atoms with Crippen LogP contribution in [0.1, 0.15) is 16.1 Å². The van der Waals surface area contributed by atoms with Crippen LogP contribution in [-0.2, 0) is 13.6 Å². The van der Waals surface area contributed by atoms with E-state index in [9.17, 15) is 9.18 Å². The topological polar surface area (TPSA) is 60.1 Å². The van der Waals surface area contributed by atoms with Gasteiger partial charge in [-0.05, 0) is 24.3 Å². The Labute approximate surface area is 113 Å². The second-order valence-corrected chi connectivity index (χ2v) is 4.58. The second-order valence-electron chi connectivity index (χ2n) is 4.58. The van der Waals surface area contributed by atoms with Crippen molar-refractivity contribution < 1.29 is 14.3 Å². The SMILES string of the molecule is Cn1ncc(C(=O)O)c1Cn1ccc2cc(F)ccc21. The quantitative estimate of drug-likeness (QED) is 0.796. The molecule has 0 saturated heterocycles. The molecule has 0 aliphatic heterocycles. The highest BCUT2D eigenvalue weighted by Crippen LogP contribution is 2.19. The van der Waals surface area contributed by atoms with Gasteiger partial charge in [0.05, 0.1) is 18.4 Å². The second kappa shape index (κ2) is 4.48. The Kier molecular flexibility index (Phi) is 2.78. The van der Waals surface area contributed by atoms with Crippen molar-refractivity contribution in [1.29, 1.82) is 0 Å². The molecule has 3 rings (SSSR count). The number of carboxylic acid groups (broad SMARTS) is 1. The standard InChI is InChI=1S/C14H12FN3O2/c1-17-13(11(7-16-17)14(19)20)8-18-5-4-9-6-10(15)2-3-12(9)18/h2-7H,8H2,1H3,(H,19,20). The van der Waals surface area contributed by atoms with Crippen molar-refractivity contribution >= 4 is 16.9 Å². The summed E-state index contributed by atoms with van der Waals surface area (Å²) in [5.74, 6) is -1.29. The maximum absolute atomic E-state index is 13.2. The Morgan fingerprint density at radius 1 is 1.40 bits per heavy atom. The van der Waals surface area contributed by atoms with Gasteiger partial charge in [-0.2, -0.15) is 5.10 Å². The molecular formula is C14H12FN3O2. The van der Waals surface area contributed by atoms with Gasteiger partial charge in [-0.25, -0.2) is 9.18 Å². The number of hydrogen-bond donors (Lipinski definition) is 1. The molecule has 0 radical (unpaired) electrons. The van der Waals surface area contributed by atoms with E-state index in [1.807, 2.05) is 10.8 Å². The average molecular weight is 273 g/mol. The molecule has 0 bridgehead atoms. The molecule has 1 N–H and O–H groups in total. The summed E-state index contributed by atoms with van der Waals surface area (Å²) >= 11 is 0. The lowest BCUT2D eigenvalue weighted by molar-refractivity contribution is 0.0695. The number of aromatic carboxylic acids is 1. The number of benzene rings is 1. The highest BCUT2D eigenvalue weighted by molar-refractivity contribution is 5.88. The Hall–Kier alpha value is -2.63. The molecule has 6 heteroatoms. The van der Waals surface area contributed by atoms with Crippen molar-refractivity contribution in [3.05, 3.63) is 53.7 Å². The van der Waals surface area contributed by atoms with Crippen LogP contribution in [-0.4, -0.2) is 25.4 Å². The summed E-state index contributed by atoms with van der Waals surface area (Å²) in [6, 6.07) is 6.32. The summed E-state index contributed by atoms with van der Waals surface area (Å²) in [6.45, 7) is 0.368. The van der Waals surface area contributed by atoms with Gasteiger partial charge in [-0.15, -0.1) is 0 Å². The molecule has 0 saturated carbocycles. The number of rotatable bonds is 3. The molecule has 0 amide bonds. The normalized spacial score (nSPS) is 11.1. The minimum Gasteiger partial charge on any atom is -0.478 e. The number of carboxylic acids is 1. The van der Waals surface area contributed by atoms with Crippen LogP contribution >= 0.6 is 0 Å². The maximum atomic E-state index is 13.2. The van der Waals surface area contributed by atoms with Crippen LogP contribution in [0.3, 0.4) is 0 Å². The zero-order chi connectivity index (χ0) is 14.3. The molecule has 1 aromatic carbocycles. The first-order valence-electron chi connectivity index (χ1n) is 6.05. The molecule has 5 nitrogen and oxygen atoms in total. The number of halogens is 1. The zero-order valence-corrected chi connectivity index (χ0v) is 10.7. The molecule has 2 heterocycles. The van der Waals surface area contributed by atoms with Crippen molar-refractivity contribution in [2.75, 3.05) is 0 Å². The molecule has 3 aromatic rings. The summed E-state index contributed by atoms with van der Waals surface area (Å²) in [7, 11) is 1.70. The Morgan fingerprint density at radius 2 is 2.20 bits per heavy atom. The lowest BCUT2D eigenvalue weighted by Crippen LogP contribution is -2.09. The summed E-state index contributed by atoms with van der Waals surface area (Å²) < 4.78 is 16.6. The van der Waals surface area contributed by atoms with Crippen molar-refractivity contribution in [2.45, 2.75) is 6.54 Å². The molecule has 0 aliphatic carbocycles. The Bertz CT molecular complexity index is 804.